The molecule has 0 aromatic heterocycles. The highest BCUT2D eigenvalue weighted by Crippen LogP contribution is 2.27. The van der Waals surface area contributed by atoms with Crippen LogP contribution >= 0.6 is 0 Å². The average Bonchev–Trinajstić information content (AvgIpc) is 3.31. The molecule has 2 amide bonds. The molecule has 1 aliphatic rings. The first kappa shape index (κ1) is 26.5. The predicted molar refractivity (Wildman–Crippen MR) is 132 cm³/mol. The van der Waals surface area contributed by atoms with Gasteiger partial charge in [-0.15, -0.1) is 0 Å². The number of amides is 2. The summed E-state index contributed by atoms with van der Waals surface area (Å²) in [5.74, 6) is -0.525. The molecule has 2 aromatic rings. The Hall–Kier alpha value is -2.73. The Balaban J connectivity index is 0.00000187. The van der Waals surface area contributed by atoms with Crippen molar-refractivity contribution in [3.63, 3.8) is 0 Å². The van der Waals surface area contributed by atoms with Gasteiger partial charge < -0.3 is 16.0 Å². The molecule has 1 heterocycles. The molecule has 3 unspecified atom stereocenters. The quantitative estimate of drug-likeness (QED) is 0.645. The van der Waals surface area contributed by atoms with Gasteiger partial charge in [-0.2, -0.15) is 0 Å². The van der Waals surface area contributed by atoms with Crippen LogP contribution in [0.4, 0.5) is 4.39 Å². The van der Waals surface area contributed by atoms with Crippen molar-refractivity contribution in [3.05, 3.63) is 59.4 Å². The van der Waals surface area contributed by atoms with Crippen LogP contribution in [-0.4, -0.2) is 35.3 Å². The summed E-state index contributed by atoms with van der Waals surface area (Å²) in [5.41, 5.74) is 8.90. The molecule has 0 spiro atoms. The van der Waals surface area contributed by atoms with E-state index in [0.29, 0.717) is 24.1 Å². The number of aryl methyl sites for hydroxylation is 1. The lowest BCUT2D eigenvalue weighted by molar-refractivity contribution is -0.140. The largest absolute Gasteiger partial charge is 0.348 e. The Bertz CT molecular complexity index is 943. The number of rotatable bonds is 6. The van der Waals surface area contributed by atoms with Crippen molar-refractivity contribution < 1.29 is 14.0 Å². The van der Waals surface area contributed by atoms with Gasteiger partial charge in [-0.1, -0.05) is 70.2 Å². The normalized spacial score (nSPS) is 17.2. The van der Waals surface area contributed by atoms with E-state index in [1.807, 2.05) is 65.0 Å². The molecule has 33 heavy (non-hydrogen) atoms. The highest BCUT2D eigenvalue weighted by atomic mass is 19.1. The van der Waals surface area contributed by atoms with Gasteiger partial charge in [-0.25, -0.2) is 4.39 Å². The van der Waals surface area contributed by atoms with Crippen LogP contribution in [0.15, 0.2) is 42.5 Å². The van der Waals surface area contributed by atoms with E-state index < -0.39 is 12.1 Å². The van der Waals surface area contributed by atoms with E-state index in [0.717, 1.165) is 17.5 Å². The number of halogens is 1. The van der Waals surface area contributed by atoms with Crippen molar-refractivity contribution in [1.29, 1.82) is 0 Å². The number of hydrogen-bond donors (Lipinski definition) is 2. The Morgan fingerprint density at radius 1 is 1.09 bits per heavy atom. The van der Waals surface area contributed by atoms with Gasteiger partial charge in [0.2, 0.25) is 11.8 Å². The third-order valence-corrected chi connectivity index (χ3v) is 6.11. The predicted octanol–water partition coefficient (Wildman–Crippen LogP) is 4.98. The van der Waals surface area contributed by atoms with Gasteiger partial charge >= 0.3 is 0 Å². The maximum atomic E-state index is 14.4. The second kappa shape index (κ2) is 11.9. The molecule has 1 fully saturated rings. The van der Waals surface area contributed by atoms with Gasteiger partial charge in [0, 0.05) is 12.1 Å². The van der Waals surface area contributed by atoms with Crippen molar-refractivity contribution in [3.8, 4) is 11.1 Å². The summed E-state index contributed by atoms with van der Waals surface area (Å²) in [6.45, 7) is 12.0. The monoisotopic (exact) mass is 455 g/mol. The molecule has 2 aromatic carbocycles. The maximum absolute atomic E-state index is 14.4. The van der Waals surface area contributed by atoms with E-state index in [4.69, 9.17) is 5.73 Å². The van der Waals surface area contributed by atoms with Gasteiger partial charge in [-0.3, -0.25) is 9.59 Å². The number of carbonyl (C=O) groups is 2. The van der Waals surface area contributed by atoms with E-state index in [-0.39, 0.29) is 29.6 Å². The van der Waals surface area contributed by atoms with E-state index in [1.165, 1.54) is 0 Å². The van der Waals surface area contributed by atoms with Gasteiger partial charge in [-0.05, 0) is 49.3 Å². The molecule has 3 N–H and O–H groups in total. The van der Waals surface area contributed by atoms with E-state index in [9.17, 15) is 14.0 Å². The molecule has 0 radical (unpaired) electrons. The maximum Gasteiger partial charge on any atom is 0.243 e. The summed E-state index contributed by atoms with van der Waals surface area (Å²) < 4.78 is 14.4. The summed E-state index contributed by atoms with van der Waals surface area (Å²) >= 11 is 0. The molecule has 1 saturated heterocycles. The number of carbonyl (C=O) groups excluding carboxylic acids is 2. The molecule has 3 atom stereocenters. The lowest BCUT2D eigenvalue weighted by Crippen LogP contribution is -2.52. The van der Waals surface area contributed by atoms with Gasteiger partial charge in [0.05, 0.1) is 12.1 Å². The Morgan fingerprint density at radius 3 is 2.33 bits per heavy atom. The first-order chi connectivity index (χ1) is 15.7. The molecule has 3 rings (SSSR count). The highest BCUT2D eigenvalue weighted by Gasteiger charge is 2.37. The molecular formula is C27H38FN3O2. The second-order valence-electron chi connectivity index (χ2n) is 8.75. The van der Waals surface area contributed by atoms with Crippen LogP contribution in [0.2, 0.25) is 0 Å². The minimum Gasteiger partial charge on any atom is -0.348 e. The fraction of sp³-hybridized carbons (Fsp3) is 0.481. The van der Waals surface area contributed by atoms with E-state index >= 15 is 0 Å². The number of nitrogens with zero attached hydrogens (tertiary/aromatic N) is 1. The van der Waals surface area contributed by atoms with Gasteiger partial charge in [0.15, 0.2) is 0 Å². The van der Waals surface area contributed by atoms with Gasteiger partial charge in [0.25, 0.3) is 0 Å². The van der Waals surface area contributed by atoms with E-state index in [2.05, 4.69) is 5.32 Å². The minimum absolute atomic E-state index is 0.0208. The Kier molecular flexibility index (Phi) is 9.59. The van der Waals surface area contributed by atoms with Crippen LogP contribution < -0.4 is 11.1 Å². The fourth-order valence-corrected chi connectivity index (χ4v) is 3.99. The zero-order chi connectivity index (χ0) is 24.7. The first-order valence-corrected chi connectivity index (χ1v) is 11.9. The highest BCUT2D eigenvalue weighted by molar-refractivity contribution is 5.90. The van der Waals surface area contributed by atoms with Crippen molar-refractivity contribution in [1.82, 2.24) is 10.2 Å². The van der Waals surface area contributed by atoms with Crippen LogP contribution in [0.5, 0.6) is 0 Å². The third-order valence-electron chi connectivity index (χ3n) is 6.11. The standard InChI is InChI=1S/C25H32FN3O2.C2H6/c1-15(2)23(27)25(31)29-14-6-9-21(29)24(30)28-17(4)18-10-12-19(13-11-18)20-8-5-7-16(3)22(20)26;1-2/h5,7-8,10-13,15,17,21,23H,6,9,14,27H2,1-4H3,(H,28,30);1-2H3. The number of nitrogens with two attached hydrogens (primary N) is 1. The zero-order valence-electron chi connectivity index (χ0n) is 20.7. The molecule has 0 saturated carbocycles. The summed E-state index contributed by atoms with van der Waals surface area (Å²) in [7, 11) is 0. The van der Waals surface area contributed by atoms with Crippen molar-refractivity contribution in [2.75, 3.05) is 6.54 Å². The van der Waals surface area contributed by atoms with Crippen LogP contribution in [0, 0.1) is 18.7 Å². The van der Waals surface area contributed by atoms with Crippen LogP contribution in [-0.2, 0) is 9.59 Å². The van der Waals surface area contributed by atoms with Crippen LogP contribution in [0.1, 0.15) is 64.6 Å². The number of hydrogen-bond acceptors (Lipinski definition) is 3. The first-order valence-electron chi connectivity index (χ1n) is 11.9. The molecule has 180 valence electrons. The lowest BCUT2D eigenvalue weighted by Gasteiger charge is -2.29. The van der Waals surface area contributed by atoms with E-state index in [1.54, 1.807) is 24.0 Å². The topological polar surface area (TPSA) is 75.4 Å². The van der Waals surface area contributed by atoms with Crippen LogP contribution in [0.25, 0.3) is 11.1 Å². The number of likely N-dealkylation sites (tertiary alicyclic amines) is 1. The zero-order valence-corrected chi connectivity index (χ0v) is 20.7. The number of benzene rings is 2. The second-order valence-corrected chi connectivity index (χ2v) is 8.75. The van der Waals surface area contributed by atoms with Gasteiger partial charge in [0.1, 0.15) is 11.9 Å². The Labute approximate surface area is 197 Å². The van der Waals surface area contributed by atoms with Crippen molar-refractivity contribution in [2.24, 2.45) is 11.7 Å². The molecule has 6 heteroatoms. The molecule has 0 aliphatic carbocycles. The van der Waals surface area contributed by atoms with Crippen LogP contribution in [0.3, 0.4) is 0 Å². The molecule has 1 aliphatic heterocycles. The summed E-state index contributed by atoms with van der Waals surface area (Å²) in [4.78, 5) is 27.2. The number of nitrogens with one attached hydrogen (secondary N) is 1. The molecule has 5 nitrogen and oxygen atoms in total. The van der Waals surface area contributed by atoms with Crippen molar-refractivity contribution >= 4 is 11.8 Å². The minimum atomic E-state index is -0.597. The SMILES string of the molecule is CC.Cc1cccc(-c2ccc(C(C)NC(=O)C3CCCN3C(=O)C(N)C(C)C)cc2)c1F. The average molecular weight is 456 g/mol. The smallest absolute Gasteiger partial charge is 0.243 e. The molecule has 0 bridgehead atoms. The summed E-state index contributed by atoms with van der Waals surface area (Å²) in [6, 6.07) is 11.5. The summed E-state index contributed by atoms with van der Waals surface area (Å²) in [5, 5.41) is 3.02. The van der Waals surface area contributed by atoms with Crippen molar-refractivity contribution in [2.45, 2.75) is 72.5 Å². The third kappa shape index (κ3) is 6.20. The molecular weight excluding hydrogens is 417 g/mol. The Morgan fingerprint density at radius 2 is 1.73 bits per heavy atom. The fourth-order valence-electron chi connectivity index (χ4n) is 3.99. The lowest BCUT2D eigenvalue weighted by atomic mass is 9.99. The summed E-state index contributed by atoms with van der Waals surface area (Å²) in [6.07, 6.45) is 1.43.